The molecule has 1 rings (SSSR count). The van der Waals surface area contributed by atoms with E-state index in [0.29, 0.717) is 0 Å². The second-order valence-electron chi connectivity index (χ2n) is 2.90. The smallest absolute Gasteiger partial charge is 0.438 e. The lowest BCUT2D eigenvalue weighted by molar-refractivity contribution is 0.0617. The Morgan fingerprint density at radius 2 is 2.54 bits per heavy atom. The maximum atomic E-state index is 10.8. The summed E-state index contributed by atoms with van der Waals surface area (Å²) in [6.45, 7) is 3.62. The number of rotatable bonds is 3. The zero-order valence-electron chi connectivity index (χ0n) is 7.79. The SMILES string of the molecule is C=CC(OC(=O)OC)C1=CCCC1. The van der Waals surface area contributed by atoms with Crippen molar-refractivity contribution >= 4 is 6.16 Å². The third-order valence-corrected chi connectivity index (χ3v) is 2.05. The van der Waals surface area contributed by atoms with Crippen LogP contribution in [-0.2, 0) is 9.47 Å². The van der Waals surface area contributed by atoms with Crippen LogP contribution in [0.25, 0.3) is 0 Å². The van der Waals surface area contributed by atoms with Crippen LogP contribution in [0, 0.1) is 0 Å². The van der Waals surface area contributed by atoms with Gasteiger partial charge in [0.2, 0.25) is 0 Å². The van der Waals surface area contributed by atoms with Crippen LogP contribution >= 0.6 is 0 Å². The first-order valence-electron chi connectivity index (χ1n) is 4.34. The van der Waals surface area contributed by atoms with E-state index in [4.69, 9.17) is 4.74 Å². The summed E-state index contributed by atoms with van der Waals surface area (Å²) in [7, 11) is 1.30. The average molecular weight is 182 g/mol. The predicted octanol–water partition coefficient (Wildman–Crippen LogP) is 2.43. The zero-order valence-corrected chi connectivity index (χ0v) is 7.79. The summed E-state index contributed by atoms with van der Waals surface area (Å²) in [4.78, 5) is 10.8. The van der Waals surface area contributed by atoms with Gasteiger partial charge in [0.1, 0.15) is 6.10 Å². The monoisotopic (exact) mass is 182 g/mol. The Hall–Kier alpha value is -1.25. The lowest BCUT2D eigenvalue weighted by atomic mass is 10.1. The quantitative estimate of drug-likeness (QED) is 0.496. The van der Waals surface area contributed by atoms with E-state index < -0.39 is 6.16 Å². The van der Waals surface area contributed by atoms with E-state index in [-0.39, 0.29) is 6.10 Å². The van der Waals surface area contributed by atoms with E-state index in [1.165, 1.54) is 7.11 Å². The molecule has 13 heavy (non-hydrogen) atoms. The third-order valence-electron chi connectivity index (χ3n) is 2.05. The van der Waals surface area contributed by atoms with E-state index in [1.54, 1.807) is 6.08 Å². The van der Waals surface area contributed by atoms with Gasteiger partial charge in [-0.25, -0.2) is 4.79 Å². The minimum atomic E-state index is -0.655. The van der Waals surface area contributed by atoms with Gasteiger partial charge in [-0.1, -0.05) is 12.7 Å². The molecule has 0 fully saturated rings. The topological polar surface area (TPSA) is 35.5 Å². The summed E-state index contributed by atoms with van der Waals surface area (Å²) in [5.74, 6) is 0. The largest absolute Gasteiger partial charge is 0.508 e. The fourth-order valence-corrected chi connectivity index (χ4v) is 1.38. The summed E-state index contributed by atoms with van der Waals surface area (Å²) in [6, 6.07) is 0. The van der Waals surface area contributed by atoms with Crippen LogP contribution in [0.1, 0.15) is 19.3 Å². The molecule has 1 atom stereocenters. The lowest BCUT2D eigenvalue weighted by Crippen LogP contribution is -2.17. The van der Waals surface area contributed by atoms with E-state index >= 15 is 0 Å². The van der Waals surface area contributed by atoms with Gasteiger partial charge in [0.05, 0.1) is 7.11 Å². The zero-order chi connectivity index (χ0) is 9.68. The minimum Gasteiger partial charge on any atom is -0.438 e. The van der Waals surface area contributed by atoms with Gasteiger partial charge >= 0.3 is 6.16 Å². The normalized spacial score (nSPS) is 17.5. The van der Waals surface area contributed by atoms with Crippen molar-refractivity contribution in [2.75, 3.05) is 7.11 Å². The summed E-state index contributed by atoms with van der Waals surface area (Å²) >= 11 is 0. The predicted molar refractivity (Wildman–Crippen MR) is 49.4 cm³/mol. The first kappa shape index (κ1) is 9.84. The van der Waals surface area contributed by atoms with Crippen LogP contribution in [0.5, 0.6) is 0 Å². The minimum absolute atomic E-state index is 0.310. The highest BCUT2D eigenvalue weighted by Crippen LogP contribution is 2.23. The fraction of sp³-hybridized carbons (Fsp3) is 0.500. The third kappa shape index (κ3) is 2.61. The lowest BCUT2D eigenvalue weighted by Gasteiger charge is -2.13. The molecule has 0 aromatic heterocycles. The van der Waals surface area contributed by atoms with Crippen molar-refractivity contribution in [1.82, 2.24) is 0 Å². The van der Waals surface area contributed by atoms with Gasteiger partial charge in [0.25, 0.3) is 0 Å². The van der Waals surface area contributed by atoms with Gasteiger partial charge in [-0.15, -0.1) is 0 Å². The summed E-state index contributed by atoms with van der Waals surface area (Å²) in [5.41, 5.74) is 1.13. The van der Waals surface area contributed by atoms with Crippen molar-refractivity contribution in [3.8, 4) is 0 Å². The molecule has 0 saturated carbocycles. The van der Waals surface area contributed by atoms with Crippen molar-refractivity contribution in [1.29, 1.82) is 0 Å². The molecule has 0 aliphatic heterocycles. The summed E-state index contributed by atoms with van der Waals surface area (Å²) in [5, 5.41) is 0. The molecule has 1 unspecified atom stereocenters. The molecule has 0 aromatic rings. The van der Waals surface area contributed by atoms with Crippen molar-refractivity contribution in [2.45, 2.75) is 25.4 Å². The maximum Gasteiger partial charge on any atom is 0.508 e. The molecule has 0 aromatic carbocycles. The van der Waals surface area contributed by atoms with E-state index in [2.05, 4.69) is 17.4 Å². The number of methoxy groups -OCH3 is 1. The van der Waals surface area contributed by atoms with Gasteiger partial charge in [-0.05, 0) is 30.9 Å². The highest BCUT2D eigenvalue weighted by Gasteiger charge is 2.18. The van der Waals surface area contributed by atoms with Crippen LogP contribution in [0.15, 0.2) is 24.3 Å². The van der Waals surface area contributed by atoms with Crippen LogP contribution in [0.4, 0.5) is 4.79 Å². The van der Waals surface area contributed by atoms with E-state index in [0.717, 1.165) is 24.8 Å². The molecule has 0 amide bonds. The number of carbonyl (C=O) groups is 1. The molecule has 0 N–H and O–H groups in total. The van der Waals surface area contributed by atoms with Gasteiger partial charge in [0, 0.05) is 0 Å². The molecular formula is C10H14O3. The highest BCUT2D eigenvalue weighted by molar-refractivity contribution is 5.60. The van der Waals surface area contributed by atoms with Crippen molar-refractivity contribution < 1.29 is 14.3 Å². The van der Waals surface area contributed by atoms with Gasteiger partial charge in [-0.2, -0.15) is 0 Å². The van der Waals surface area contributed by atoms with E-state index in [1.807, 2.05) is 0 Å². The van der Waals surface area contributed by atoms with Crippen molar-refractivity contribution in [2.24, 2.45) is 0 Å². The van der Waals surface area contributed by atoms with Crippen LogP contribution in [-0.4, -0.2) is 19.4 Å². The van der Waals surface area contributed by atoms with Gasteiger partial charge in [-0.3, -0.25) is 0 Å². The molecule has 3 heteroatoms. The number of hydrogen-bond acceptors (Lipinski definition) is 3. The Kier molecular flexibility index (Phi) is 3.55. The molecule has 0 radical (unpaired) electrons. The number of allylic oxidation sites excluding steroid dienone is 1. The Balaban J connectivity index is 2.51. The van der Waals surface area contributed by atoms with Crippen LogP contribution in [0.3, 0.4) is 0 Å². The maximum absolute atomic E-state index is 10.8. The number of carbonyl (C=O) groups excluding carboxylic acids is 1. The molecule has 72 valence electrons. The van der Waals surface area contributed by atoms with Crippen LogP contribution in [0.2, 0.25) is 0 Å². The molecule has 1 aliphatic carbocycles. The molecule has 3 nitrogen and oxygen atoms in total. The molecule has 1 aliphatic rings. The number of hydrogen-bond donors (Lipinski definition) is 0. The summed E-state index contributed by atoms with van der Waals surface area (Å²) < 4.78 is 9.39. The second kappa shape index (κ2) is 4.70. The van der Waals surface area contributed by atoms with Gasteiger partial charge < -0.3 is 9.47 Å². The molecular weight excluding hydrogens is 168 g/mol. The Labute approximate surface area is 78.0 Å². The average Bonchev–Trinajstić information content (AvgIpc) is 2.66. The van der Waals surface area contributed by atoms with Crippen molar-refractivity contribution in [3.63, 3.8) is 0 Å². The van der Waals surface area contributed by atoms with Gasteiger partial charge in [0.15, 0.2) is 0 Å². The summed E-state index contributed by atoms with van der Waals surface area (Å²) in [6.07, 6.45) is 5.92. The second-order valence-corrected chi connectivity index (χ2v) is 2.90. The Bertz CT molecular complexity index is 230. The van der Waals surface area contributed by atoms with E-state index in [9.17, 15) is 4.79 Å². The molecule has 0 saturated heterocycles. The molecule has 0 spiro atoms. The first-order valence-corrected chi connectivity index (χ1v) is 4.34. The molecule has 0 bridgehead atoms. The Morgan fingerprint density at radius 1 is 1.77 bits per heavy atom. The van der Waals surface area contributed by atoms with Crippen molar-refractivity contribution in [3.05, 3.63) is 24.3 Å². The van der Waals surface area contributed by atoms with Crippen LogP contribution < -0.4 is 0 Å². The Morgan fingerprint density at radius 3 is 3.00 bits per heavy atom. The fourth-order valence-electron chi connectivity index (χ4n) is 1.38. The number of ether oxygens (including phenoxy) is 2. The first-order chi connectivity index (χ1) is 6.27. The highest BCUT2D eigenvalue weighted by atomic mass is 16.7. The standard InChI is InChI=1S/C10H14O3/c1-3-9(13-10(11)12-2)8-6-4-5-7-8/h3,6,9H,1,4-5,7H2,2H3. The molecule has 0 heterocycles.